The van der Waals surface area contributed by atoms with Crippen molar-refractivity contribution in [3.8, 4) is 28.3 Å². The molecule has 5 aromatic rings. The van der Waals surface area contributed by atoms with Gasteiger partial charge in [-0.3, -0.25) is 19.3 Å². The number of aromatic nitrogens is 1. The Morgan fingerprint density at radius 2 is 1.48 bits per heavy atom. The minimum Gasteiger partial charge on any atom is -0.493 e. The summed E-state index contributed by atoms with van der Waals surface area (Å²) in [5.74, 6) is 0.143. The number of rotatable bonds is 11. The third-order valence-corrected chi connectivity index (χ3v) is 7.71. The highest BCUT2D eigenvalue weighted by molar-refractivity contribution is 6.21. The standard InChI is InChI=1S/C36H30N2O6/c1-23-32(37-34(44-23)27-11-7-10-26(20-27)24-8-3-2-4-9-24)18-19-43-29-16-14-25(15-17-33(39)40)28(21-29)22-38-35(41)30-12-5-6-13-31(30)36(38)42/h2-14,16,20-21H,15,17-19,22H2,1H3,(H,39,40). The predicted octanol–water partition coefficient (Wildman–Crippen LogP) is 6.75. The number of imide groups is 1. The van der Waals surface area contributed by atoms with Gasteiger partial charge >= 0.3 is 5.97 Å². The number of carbonyl (C=O) groups excluding carboxylic acids is 2. The number of carboxylic acids is 1. The summed E-state index contributed by atoms with van der Waals surface area (Å²) in [6.45, 7) is 2.22. The molecule has 4 aromatic carbocycles. The lowest BCUT2D eigenvalue weighted by Crippen LogP contribution is -2.29. The number of carboxylic acid groups (broad SMARTS) is 1. The van der Waals surface area contributed by atoms with Crippen molar-refractivity contribution in [3.63, 3.8) is 0 Å². The molecule has 0 bridgehead atoms. The number of fused-ring (bicyclic) bond motifs is 1. The first-order valence-corrected chi connectivity index (χ1v) is 14.4. The van der Waals surface area contributed by atoms with Crippen LogP contribution in [0, 0.1) is 6.92 Å². The van der Waals surface area contributed by atoms with Gasteiger partial charge in [0, 0.05) is 18.4 Å². The van der Waals surface area contributed by atoms with Crippen LogP contribution in [0.4, 0.5) is 0 Å². The molecule has 0 aliphatic carbocycles. The van der Waals surface area contributed by atoms with Gasteiger partial charge in [0.25, 0.3) is 11.8 Å². The number of benzene rings is 4. The smallest absolute Gasteiger partial charge is 0.303 e. The van der Waals surface area contributed by atoms with Crippen LogP contribution in [0.5, 0.6) is 5.75 Å². The van der Waals surface area contributed by atoms with Crippen LogP contribution in [0.15, 0.2) is 101 Å². The van der Waals surface area contributed by atoms with Gasteiger partial charge in [-0.25, -0.2) is 4.98 Å². The number of carbonyl (C=O) groups is 3. The summed E-state index contributed by atoms with van der Waals surface area (Å²) in [4.78, 5) is 43.2. The third-order valence-electron chi connectivity index (χ3n) is 7.71. The van der Waals surface area contributed by atoms with Gasteiger partial charge in [0.15, 0.2) is 0 Å². The second kappa shape index (κ2) is 12.4. The molecule has 0 saturated carbocycles. The lowest BCUT2D eigenvalue weighted by Gasteiger charge is -2.18. The van der Waals surface area contributed by atoms with Crippen LogP contribution < -0.4 is 4.74 Å². The molecule has 220 valence electrons. The molecule has 1 aromatic heterocycles. The molecule has 0 radical (unpaired) electrons. The Bertz CT molecular complexity index is 1830. The molecule has 2 amide bonds. The summed E-state index contributed by atoms with van der Waals surface area (Å²) in [6, 6.07) is 30.3. The average molecular weight is 587 g/mol. The van der Waals surface area contributed by atoms with Crippen molar-refractivity contribution in [2.24, 2.45) is 0 Å². The predicted molar refractivity (Wildman–Crippen MR) is 164 cm³/mol. The van der Waals surface area contributed by atoms with Gasteiger partial charge < -0.3 is 14.3 Å². The second-order valence-electron chi connectivity index (χ2n) is 10.6. The third kappa shape index (κ3) is 6.01. The van der Waals surface area contributed by atoms with E-state index >= 15 is 0 Å². The van der Waals surface area contributed by atoms with Gasteiger partial charge in [-0.15, -0.1) is 0 Å². The first-order valence-electron chi connectivity index (χ1n) is 14.4. The quantitative estimate of drug-likeness (QED) is 0.170. The summed E-state index contributed by atoms with van der Waals surface area (Å²) >= 11 is 0. The van der Waals surface area contributed by atoms with E-state index in [1.165, 1.54) is 4.90 Å². The van der Waals surface area contributed by atoms with Crippen molar-refractivity contribution in [1.82, 2.24) is 9.88 Å². The van der Waals surface area contributed by atoms with Crippen LogP contribution in [0.25, 0.3) is 22.6 Å². The molecule has 44 heavy (non-hydrogen) atoms. The summed E-state index contributed by atoms with van der Waals surface area (Å²) < 4.78 is 12.1. The Labute approximate surface area is 254 Å². The number of nitrogens with zero attached hydrogens (tertiary/aromatic N) is 2. The Kier molecular flexibility index (Phi) is 8.06. The van der Waals surface area contributed by atoms with Crippen molar-refractivity contribution in [1.29, 1.82) is 0 Å². The van der Waals surface area contributed by atoms with Gasteiger partial charge in [-0.2, -0.15) is 0 Å². The largest absolute Gasteiger partial charge is 0.493 e. The summed E-state index contributed by atoms with van der Waals surface area (Å²) in [5.41, 5.74) is 6.00. The zero-order valence-corrected chi connectivity index (χ0v) is 24.2. The zero-order valence-electron chi connectivity index (χ0n) is 24.2. The van der Waals surface area contributed by atoms with E-state index < -0.39 is 5.97 Å². The van der Waals surface area contributed by atoms with Crippen LogP contribution >= 0.6 is 0 Å². The number of aryl methyl sites for hydroxylation is 2. The first-order chi connectivity index (χ1) is 21.4. The van der Waals surface area contributed by atoms with E-state index in [0.29, 0.717) is 47.1 Å². The Hall–Kier alpha value is -5.50. The number of hydrogen-bond donors (Lipinski definition) is 1. The van der Waals surface area contributed by atoms with Gasteiger partial charge in [-0.1, -0.05) is 60.7 Å². The van der Waals surface area contributed by atoms with E-state index in [1.54, 1.807) is 42.5 Å². The second-order valence-corrected chi connectivity index (χ2v) is 10.6. The normalized spacial score (nSPS) is 12.4. The van der Waals surface area contributed by atoms with E-state index in [-0.39, 0.29) is 31.2 Å². The molecule has 0 spiro atoms. The molecule has 6 rings (SSSR count). The van der Waals surface area contributed by atoms with E-state index in [1.807, 2.05) is 37.3 Å². The zero-order chi connectivity index (χ0) is 30.6. The molecule has 8 nitrogen and oxygen atoms in total. The molecular formula is C36H30N2O6. The topological polar surface area (TPSA) is 110 Å². The molecule has 8 heteroatoms. The van der Waals surface area contributed by atoms with E-state index in [0.717, 1.165) is 27.9 Å². The number of hydrogen-bond acceptors (Lipinski definition) is 6. The Morgan fingerprint density at radius 3 is 2.20 bits per heavy atom. The molecule has 0 fully saturated rings. The maximum atomic E-state index is 13.0. The summed E-state index contributed by atoms with van der Waals surface area (Å²) in [5, 5.41) is 9.24. The number of amides is 2. The molecule has 1 aliphatic rings. The van der Waals surface area contributed by atoms with Crippen LogP contribution in [0.3, 0.4) is 0 Å². The summed E-state index contributed by atoms with van der Waals surface area (Å²) in [6.07, 6.45) is 0.695. The lowest BCUT2D eigenvalue weighted by atomic mass is 10.0. The maximum absolute atomic E-state index is 13.0. The molecule has 0 atom stereocenters. The SMILES string of the molecule is Cc1oc(-c2cccc(-c3ccccc3)c2)nc1CCOc1ccc(CCC(=O)O)c(CN2C(=O)c3ccccc3C2=O)c1. The van der Waals surface area contributed by atoms with Gasteiger partial charge in [0.05, 0.1) is 30.0 Å². The van der Waals surface area contributed by atoms with E-state index in [2.05, 4.69) is 24.3 Å². The van der Waals surface area contributed by atoms with Crippen molar-refractivity contribution in [2.75, 3.05) is 6.61 Å². The fourth-order valence-electron chi connectivity index (χ4n) is 5.39. The highest BCUT2D eigenvalue weighted by Crippen LogP contribution is 2.29. The van der Waals surface area contributed by atoms with Gasteiger partial charge in [0.1, 0.15) is 11.5 Å². The molecule has 2 heterocycles. The van der Waals surface area contributed by atoms with Crippen LogP contribution in [0.2, 0.25) is 0 Å². The van der Waals surface area contributed by atoms with Gasteiger partial charge in [0.2, 0.25) is 5.89 Å². The van der Waals surface area contributed by atoms with Crippen LogP contribution in [0.1, 0.15) is 49.7 Å². The Balaban J connectivity index is 1.16. The minimum atomic E-state index is -0.925. The number of ether oxygens (including phenoxy) is 1. The molecule has 1 aliphatic heterocycles. The van der Waals surface area contributed by atoms with Crippen molar-refractivity contribution in [3.05, 3.63) is 131 Å². The fraction of sp³-hybridized carbons (Fsp3) is 0.167. The molecular weight excluding hydrogens is 556 g/mol. The highest BCUT2D eigenvalue weighted by atomic mass is 16.5. The summed E-state index contributed by atoms with van der Waals surface area (Å²) in [7, 11) is 0. The van der Waals surface area contributed by atoms with E-state index in [4.69, 9.17) is 14.1 Å². The Morgan fingerprint density at radius 1 is 0.795 bits per heavy atom. The average Bonchev–Trinajstić information content (AvgIpc) is 3.53. The molecule has 0 saturated heterocycles. The highest BCUT2D eigenvalue weighted by Gasteiger charge is 2.35. The molecule has 0 unspecified atom stereocenters. The maximum Gasteiger partial charge on any atom is 0.303 e. The van der Waals surface area contributed by atoms with Crippen molar-refractivity contribution < 1.29 is 28.6 Å². The number of oxazole rings is 1. The lowest BCUT2D eigenvalue weighted by molar-refractivity contribution is -0.136. The fourth-order valence-corrected chi connectivity index (χ4v) is 5.39. The van der Waals surface area contributed by atoms with Crippen molar-refractivity contribution in [2.45, 2.75) is 32.7 Å². The van der Waals surface area contributed by atoms with Gasteiger partial charge in [-0.05, 0) is 72.0 Å². The monoisotopic (exact) mass is 586 g/mol. The first kappa shape index (κ1) is 28.6. The number of aliphatic carboxylic acids is 1. The van der Waals surface area contributed by atoms with E-state index in [9.17, 15) is 19.5 Å². The molecule has 1 N–H and O–H groups in total. The van der Waals surface area contributed by atoms with Crippen LogP contribution in [-0.4, -0.2) is 39.4 Å². The van der Waals surface area contributed by atoms with Crippen molar-refractivity contribution >= 4 is 17.8 Å². The van der Waals surface area contributed by atoms with Crippen LogP contribution in [-0.2, 0) is 24.2 Å². The minimum absolute atomic E-state index is 0.0201.